The molecule has 2 fully saturated rings. The summed E-state index contributed by atoms with van der Waals surface area (Å²) in [6.07, 6.45) is 2.19. The molecule has 4 heterocycles. The highest BCUT2D eigenvalue weighted by atomic mass is 32.1. The van der Waals surface area contributed by atoms with Crippen LogP contribution in [0.3, 0.4) is 0 Å². The van der Waals surface area contributed by atoms with Crippen molar-refractivity contribution in [2.75, 3.05) is 26.2 Å². The fourth-order valence-electron chi connectivity index (χ4n) is 3.45. The molecular weight excluding hydrogens is 298 g/mol. The zero-order valence-electron chi connectivity index (χ0n) is 12.8. The molecule has 2 aliphatic rings. The van der Waals surface area contributed by atoms with Crippen LogP contribution in [-0.4, -0.2) is 53.2 Å². The van der Waals surface area contributed by atoms with Gasteiger partial charge in [-0.15, -0.1) is 11.3 Å². The molecule has 6 heteroatoms. The number of aryl methyl sites for hydroxylation is 1. The molecule has 0 amide bonds. The number of morpholine rings is 1. The summed E-state index contributed by atoms with van der Waals surface area (Å²) >= 11 is 1.73. The van der Waals surface area contributed by atoms with Gasteiger partial charge in [-0.3, -0.25) is 9.80 Å². The number of likely N-dealkylation sites (tertiary alicyclic amines) is 1. The van der Waals surface area contributed by atoms with Crippen molar-refractivity contribution in [3.63, 3.8) is 0 Å². The van der Waals surface area contributed by atoms with E-state index in [0.717, 1.165) is 50.9 Å². The first-order chi connectivity index (χ1) is 10.8. The van der Waals surface area contributed by atoms with Gasteiger partial charge in [-0.05, 0) is 19.1 Å². The maximum atomic E-state index is 5.99. The van der Waals surface area contributed by atoms with Gasteiger partial charge < -0.3 is 9.15 Å². The van der Waals surface area contributed by atoms with E-state index in [4.69, 9.17) is 9.15 Å². The lowest BCUT2D eigenvalue weighted by molar-refractivity contribution is -0.0523. The first kappa shape index (κ1) is 14.4. The van der Waals surface area contributed by atoms with E-state index in [2.05, 4.69) is 20.9 Å². The summed E-state index contributed by atoms with van der Waals surface area (Å²) in [5.41, 5.74) is 0. The Balaban J connectivity index is 1.42. The molecule has 118 valence electrons. The molecule has 0 aromatic carbocycles. The number of rotatable bonds is 4. The third kappa shape index (κ3) is 2.96. The first-order valence-electron chi connectivity index (χ1n) is 7.79. The van der Waals surface area contributed by atoms with Crippen molar-refractivity contribution in [3.8, 4) is 0 Å². The molecule has 2 saturated heterocycles. The van der Waals surface area contributed by atoms with Crippen LogP contribution in [0.1, 0.15) is 16.5 Å². The molecule has 0 bridgehead atoms. The average Bonchev–Trinajstić information content (AvgIpc) is 3.21. The molecule has 22 heavy (non-hydrogen) atoms. The van der Waals surface area contributed by atoms with Crippen LogP contribution in [0.4, 0.5) is 0 Å². The molecule has 0 saturated carbocycles. The number of fused-ring (bicyclic) bond motifs is 1. The average molecular weight is 319 g/mol. The normalized spacial score (nSPS) is 26.4. The number of hydrogen-bond acceptors (Lipinski definition) is 6. The molecule has 2 aromatic heterocycles. The summed E-state index contributed by atoms with van der Waals surface area (Å²) in [7, 11) is 0. The predicted octanol–water partition coefficient (Wildman–Crippen LogP) is 2.13. The van der Waals surface area contributed by atoms with Gasteiger partial charge in [0.1, 0.15) is 16.5 Å². The van der Waals surface area contributed by atoms with Gasteiger partial charge in [-0.2, -0.15) is 0 Å². The van der Waals surface area contributed by atoms with E-state index >= 15 is 0 Å². The summed E-state index contributed by atoms with van der Waals surface area (Å²) in [5.74, 6) is 2.04. The summed E-state index contributed by atoms with van der Waals surface area (Å²) < 4.78 is 11.7. The van der Waals surface area contributed by atoms with Crippen LogP contribution in [0.25, 0.3) is 0 Å². The second-order valence-corrected chi connectivity index (χ2v) is 7.06. The highest BCUT2D eigenvalue weighted by molar-refractivity contribution is 7.09. The van der Waals surface area contributed by atoms with E-state index < -0.39 is 0 Å². The lowest BCUT2D eigenvalue weighted by Crippen LogP contribution is -2.50. The van der Waals surface area contributed by atoms with Crippen LogP contribution in [0, 0.1) is 6.92 Å². The molecule has 5 nitrogen and oxygen atoms in total. The van der Waals surface area contributed by atoms with E-state index in [-0.39, 0.29) is 0 Å². The van der Waals surface area contributed by atoms with Crippen molar-refractivity contribution in [2.45, 2.75) is 32.2 Å². The quantitative estimate of drug-likeness (QED) is 0.863. The molecule has 2 aromatic rings. The Kier molecular flexibility index (Phi) is 4.00. The Hall–Kier alpha value is -1.21. The zero-order valence-corrected chi connectivity index (χ0v) is 13.6. The molecule has 0 unspecified atom stereocenters. The maximum Gasteiger partial charge on any atom is 0.118 e. The minimum Gasteiger partial charge on any atom is -0.465 e. The van der Waals surface area contributed by atoms with E-state index in [0.29, 0.717) is 12.1 Å². The Labute approximate surface area is 134 Å². The SMILES string of the molecule is Cc1ccc(CN2CCO[C@@H]3CN(Cc4nccs4)C[C@@H]32)o1. The Morgan fingerprint density at radius 1 is 1.32 bits per heavy atom. The van der Waals surface area contributed by atoms with E-state index in [1.54, 1.807) is 11.3 Å². The first-order valence-corrected chi connectivity index (χ1v) is 8.67. The third-order valence-corrected chi connectivity index (χ3v) is 5.25. The molecule has 0 N–H and O–H groups in total. The zero-order chi connectivity index (χ0) is 14.9. The smallest absolute Gasteiger partial charge is 0.118 e. The van der Waals surface area contributed by atoms with Crippen molar-refractivity contribution in [1.82, 2.24) is 14.8 Å². The van der Waals surface area contributed by atoms with Crippen molar-refractivity contribution >= 4 is 11.3 Å². The topological polar surface area (TPSA) is 41.7 Å². The van der Waals surface area contributed by atoms with Crippen LogP contribution < -0.4 is 0 Å². The molecule has 2 aliphatic heterocycles. The highest BCUT2D eigenvalue weighted by Crippen LogP contribution is 2.26. The van der Waals surface area contributed by atoms with Gasteiger partial charge in [0.05, 0.1) is 31.8 Å². The number of thiazole rings is 1. The van der Waals surface area contributed by atoms with E-state index in [9.17, 15) is 0 Å². The van der Waals surface area contributed by atoms with Crippen LogP contribution in [0.5, 0.6) is 0 Å². The predicted molar refractivity (Wildman–Crippen MR) is 84.8 cm³/mol. The van der Waals surface area contributed by atoms with Gasteiger partial charge in [0.15, 0.2) is 0 Å². The second kappa shape index (κ2) is 6.12. The molecule has 0 spiro atoms. The van der Waals surface area contributed by atoms with Crippen LogP contribution >= 0.6 is 11.3 Å². The van der Waals surface area contributed by atoms with Crippen molar-refractivity contribution in [3.05, 3.63) is 40.2 Å². The fourth-order valence-corrected chi connectivity index (χ4v) is 4.11. The Morgan fingerprint density at radius 3 is 3.05 bits per heavy atom. The molecular formula is C16H21N3O2S. The summed E-state index contributed by atoms with van der Waals surface area (Å²) in [5, 5.41) is 3.23. The van der Waals surface area contributed by atoms with Gasteiger partial charge in [0.25, 0.3) is 0 Å². The summed E-state index contributed by atoms with van der Waals surface area (Å²) in [4.78, 5) is 9.36. The van der Waals surface area contributed by atoms with Gasteiger partial charge >= 0.3 is 0 Å². The molecule has 0 radical (unpaired) electrons. The van der Waals surface area contributed by atoms with Crippen LogP contribution in [-0.2, 0) is 17.8 Å². The van der Waals surface area contributed by atoms with E-state index in [1.165, 1.54) is 5.01 Å². The van der Waals surface area contributed by atoms with Gasteiger partial charge in [0, 0.05) is 31.2 Å². The van der Waals surface area contributed by atoms with E-state index in [1.807, 2.05) is 24.6 Å². The van der Waals surface area contributed by atoms with Crippen LogP contribution in [0.2, 0.25) is 0 Å². The number of aromatic nitrogens is 1. The van der Waals surface area contributed by atoms with Gasteiger partial charge in [-0.25, -0.2) is 4.98 Å². The van der Waals surface area contributed by atoms with Crippen molar-refractivity contribution in [2.24, 2.45) is 0 Å². The second-order valence-electron chi connectivity index (χ2n) is 6.08. The molecule has 4 rings (SSSR count). The van der Waals surface area contributed by atoms with Crippen molar-refractivity contribution < 1.29 is 9.15 Å². The van der Waals surface area contributed by atoms with Crippen molar-refractivity contribution in [1.29, 1.82) is 0 Å². The lowest BCUT2D eigenvalue weighted by atomic mass is 10.1. The van der Waals surface area contributed by atoms with Gasteiger partial charge in [-0.1, -0.05) is 0 Å². The number of nitrogens with zero attached hydrogens (tertiary/aromatic N) is 3. The van der Waals surface area contributed by atoms with Crippen LogP contribution in [0.15, 0.2) is 28.1 Å². The standard InChI is InChI=1S/C16H21N3O2S/c1-12-2-3-13(21-12)8-19-5-6-20-15-10-18(9-14(15)19)11-16-17-4-7-22-16/h2-4,7,14-15H,5-6,8-11H2,1H3/t14-,15+/m0/s1. The minimum atomic E-state index is 0.310. The fraction of sp³-hybridized carbons (Fsp3) is 0.562. The number of furan rings is 1. The molecule has 0 aliphatic carbocycles. The third-order valence-electron chi connectivity index (χ3n) is 4.49. The van der Waals surface area contributed by atoms with Gasteiger partial charge in [0.2, 0.25) is 0 Å². The lowest BCUT2D eigenvalue weighted by Gasteiger charge is -2.36. The largest absolute Gasteiger partial charge is 0.465 e. The summed E-state index contributed by atoms with van der Waals surface area (Å²) in [6, 6.07) is 4.58. The number of hydrogen-bond donors (Lipinski definition) is 0. The Bertz CT molecular complexity index is 613. The maximum absolute atomic E-state index is 5.99. The molecule has 2 atom stereocenters. The monoisotopic (exact) mass is 319 g/mol. The Morgan fingerprint density at radius 2 is 2.27 bits per heavy atom. The number of ether oxygens (including phenoxy) is 1. The highest BCUT2D eigenvalue weighted by Gasteiger charge is 2.40. The summed E-state index contributed by atoms with van der Waals surface area (Å²) in [6.45, 7) is 7.64. The minimum absolute atomic E-state index is 0.310.